The van der Waals surface area contributed by atoms with Gasteiger partial charge in [0.1, 0.15) is 12.4 Å². The Hall–Kier alpha value is -4.96. The molecule has 0 saturated heterocycles. The zero-order chi connectivity index (χ0) is 28.9. The zero-order valence-electron chi connectivity index (χ0n) is 22.5. The molecule has 0 bridgehead atoms. The third-order valence-electron chi connectivity index (χ3n) is 7.37. The molecule has 1 aliphatic carbocycles. The lowest BCUT2D eigenvalue weighted by Gasteiger charge is -2.22. The molecule has 1 N–H and O–H groups in total. The largest absolute Gasteiger partial charge is 0.455 e. The topological polar surface area (TPSA) is 108 Å². The van der Waals surface area contributed by atoms with Crippen molar-refractivity contribution in [3.63, 3.8) is 0 Å². The first-order valence-electron chi connectivity index (χ1n) is 13.6. The minimum absolute atomic E-state index is 0.193. The summed E-state index contributed by atoms with van der Waals surface area (Å²) >= 11 is 0. The van der Waals surface area contributed by atoms with Crippen molar-refractivity contribution in [1.29, 1.82) is 0 Å². The van der Waals surface area contributed by atoms with Gasteiger partial charge in [0.05, 0.1) is 31.1 Å². The second-order valence-corrected chi connectivity index (χ2v) is 10.1. The summed E-state index contributed by atoms with van der Waals surface area (Å²) in [7, 11) is 0. The molecule has 9 nitrogen and oxygen atoms in total. The summed E-state index contributed by atoms with van der Waals surface area (Å²) in [4.78, 5) is 38.7. The molecule has 4 atom stereocenters. The van der Waals surface area contributed by atoms with Crippen LogP contribution in [0, 0.1) is 5.92 Å². The number of hydrogen-bond acceptors (Lipinski definition) is 7. The lowest BCUT2D eigenvalue weighted by atomic mass is 10.1. The van der Waals surface area contributed by atoms with Gasteiger partial charge in [-0.05, 0) is 36.2 Å². The molecule has 0 aliphatic heterocycles. The number of halogens is 1. The normalized spacial score (nSPS) is 19.9. The Morgan fingerprint density at radius 2 is 1.55 bits per heavy atom. The van der Waals surface area contributed by atoms with Gasteiger partial charge < -0.3 is 19.4 Å². The minimum atomic E-state index is -1.56. The van der Waals surface area contributed by atoms with E-state index in [0.717, 1.165) is 5.56 Å². The van der Waals surface area contributed by atoms with E-state index in [-0.39, 0.29) is 18.3 Å². The minimum Gasteiger partial charge on any atom is -0.455 e. The number of carbonyl (C=O) groups excluding carboxylic acids is 2. The van der Waals surface area contributed by atoms with Crippen LogP contribution < -0.4 is 5.32 Å². The Morgan fingerprint density at radius 1 is 0.881 bits per heavy atom. The first kappa shape index (κ1) is 27.2. The number of benzene rings is 3. The number of fused-ring (bicyclic) bond motifs is 1. The molecule has 42 heavy (non-hydrogen) atoms. The fraction of sp³-hybridized carbons (Fsp3) is 0.219. The lowest BCUT2D eigenvalue weighted by molar-refractivity contribution is -0.0209. The summed E-state index contributed by atoms with van der Waals surface area (Å²) in [6.45, 7) is 0.544. The smallest absolute Gasteiger partial charge is 0.338 e. The molecule has 1 fully saturated rings. The van der Waals surface area contributed by atoms with E-state index in [1.165, 1.54) is 12.7 Å². The van der Waals surface area contributed by atoms with Gasteiger partial charge in [0.15, 0.2) is 23.2 Å². The van der Waals surface area contributed by atoms with Gasteiger partial charge in [-0.1, -0.05) is 66.7 Å². The third kappa shape index (κ3) is 5.75. The second kappa shape index (κ2) is 12.3. The van der Waals surface area contributed by atoms with Crippen LogP contribution in [-0.4, -0.2) is 50.3 Å². The Balaban J connectivity index is 1.24. The number of imidazole rings is 1. The number of alkyl halides is 1. The van der Waals surface area contributed by atoms with E-state index in [0.29, 0.717) is 35.3 Å². The maximum Gasteiger partial charge on any atom is 0.338 e. The number of aromatic nitrogens is 4. The number of anilines is 1. The summed E-state index contributed by atoms with van der Waals surface area (Å²) < 4.78 is 29.6. The molecule has 4 unspecified atom stereocenters. The Bertz CT molecular complexity index is 1670. The van der Waals surface area contributed by atoms with E-state index in [4.69, 9.17) is 9.47 Å². The SMILES string of the molecule is O=C(Nc1ncnc2c1ncn2C1CC(COCc2ccccc2)C(OC(=O)c2ccccc2)C1F)c1ccccc1. The average Bonchev–Trinajstić information content (AvgIpc) is 3.60. The summed E-state index contributed by atoms with van der Waals surface area (Å²) in [5.74, 6) is -1.15. The van der Waals surface area contributed by atoms with Gasteiger partial charge in [0, 0.05) is 11.5 Å². The van der Waals surface area contributed by atoms with Crippen LogP contribution in [0.15, 0.2) is 104 Å². The van der Waals surface area contributed by atoms with Gasteiger partial charge in [-0.2, -0.15) is 0 Å². The fourth-order valence-electron chi connectivity index (χ4n) is 5.27. The van der Waals surface area contributed by atoms with Crippen molar-refractivity contribution < 1.29 is 23.5 Å². The number of nitrogens with one attached hydrogen (secondary N) is 1. The van der Waals surface area contributed by atoms with Crippen LogP contribution in [0.2, 0.25) is 0 Å². The van der Waals surface area contributed by atoms with Gasteiger partial charge in [0.2, 0.25) is 0 Å². The van der Waals surface area contributed by atoms with Crippen molar-refractivity contribution >= 4 is 28.9 Å². The van der Waals surface area contributed by atoms with Crippen molar-refractivity contribution in [2.45, 2.75) is 31.3 Å². The Kier molecular flexibility index (Phi) is 7.96. The van der Waals surface area contributed by atoms with Gasteiger partial charge in [-0.25, -0.2) is 24.1 Å². The highest BCUT2D eigenvalue weighted by atomic mass is 19.1. The fourth-order valence-corrected chi connectivity index (χ4v) is 5.27. The van der Waals surface area contributed by atoms with E-state index in [9.17, 15) is 9.59 Å². The van der Waals surface area contributed by atoms with Crippen LogP contribution in [0.3, 0.4) is 0 Å². The van der Waals surface area contributed by atoms with Crippen molar-refractivity contribution in [2.75, 3.05) is 11.9 Å². The molecule has 2 heterocycles. The predicted octanol–water partition coefficient (Wildman–Crippen LogP) is 5.42. The number of ether oxygens (including phenoxy) is 2. The van der Waals surface area contributed by atoms with Crippen LogP contribution >= 0.6 is 0 Å². The number of amides is 1. The molecule has 212 valence electrons. The quantitative estimate of drug-likeness (QED) is 0.238. The van der Waals surface area contributed by atoms with Crippen LogP contribution in [0.5, 0.6) is 0 Å². The average molecular weight is 566 g/mol. The summed E-state index contributed by atoms with van der Waals surface area (Å²) in [6.07, 6.45) is 0.506. The van der Waals surface area contributed by atoms with Gasteiger partial charge in [-0.3, -0.25) is 4.79 Å². The van der Waals surface area contributed by atoms with Crippen LogP contribution in [0.25, 0.3) is 11.2 Å². The number of hydrogen-bond donors (Lipinski definition) is 1. The van der Waals surface area contributed by atoms with Crippen LogP contribution in [-0.2, 0) is 16.1 Å². The summed E-state index contributed by atoms with van der Waals surface area (Å²) in [5, 5.41) is 2.77. The Labute approximate surface area is 241 Å². The molecule has 3 aromatic carbocycles. The Morgan fingerprint density at radius 3 is 2.26 bits per heavy atom. The van der Waals surface area contributed by atoms with Crippen molar-refractivity contribution in [3.05, 3.63) is 120 Å². The monoisotopic (exact) mass is 565 g/mol. The highest BCUT2D eigenvalue weighted by molar-refractivity contribution is 6.06. The van der Waals surface area contributed by atoms with E-state index < -0.39 is 30.2 Å². The van der Waals surface area contributed by atoms with Gasteiger partial charge >= 0.3 is 5.97 Å². The summed E-state index contributed by atoms with van der Waals surface area (Å²) in [5.41, 5.74) is 2.49. The van der Waals surface area contributed by atoms with E-state index in [1.807, 2.05) is 36.4 Å². The van der Waals surface area contributed by atoms with E-state index >= 15 is 4.39 Å². The van der Waals surface area contributed by atoms with Gasteiger partial charge in [-0.15, -0.1) is 0 Å². The highest BCUT2D eigenvalue weighted by Gasteiger charge is 2.48. The molecule has 1 saturated carbocycles. The third-order valence-corrected chi connectivity index (χ3v) is 7.37. The van der Waals surface area contributed by atoms with Crippen LogP contribution in [0.4, 0.5) is 10.2 Å². The van der Waals surface area contributed by atoms with Crippen molar-refractivity contribution in [1.82, 2.24) is 19.5 Å². The van der Waals surface area contributed by atoms with Crippen molar-refractivity contribution in [3.8, 4) is 0 Å². The number of carbonyl (C=O) groups is 2. The molecular formula is C32H28FN5O4. The molecule has 2 aromatic heterocycles. The highest BCUT2D eigenvalue weighted by Crippen LogP contribution is 2.41. The molecule has 0 radical (unpaired) electrons. The van der Waals surface area contributed by atoms with Crippen molar-refractivity contribution in [2.24, 2.45) is 5.92 Å². The second-order valence-electron chi connectivity index (χ2n) is 10.1. The first-order chi connectivity index (χ1) is 20.6. The standard InChI is InChI=1S/C32H28FN5O4/c33-26-25(38-20-36-27-29(34-19-35-30(27)38)37-31(39)22-12-6-2-7-13-22)16-24(18-41-17-21-10-4-1-5-11-21)28(26)42-32(40)23-14-8-3-9-15-23/h1-15,19-20,24-26,28H,16-18H2,(H,34,35,37,39). The van der Waals surface area contributed by atoms with Crippen LogP contribution in [0.1, 0.15) is 38.7 Å². The summed E-state index contributed by atoms with van der Waals surface area (Å²) in [6, 6.07) is 26.2. The first-order valence-corrected chi connectivity index (χ1v) is 13.6. The van der Waals surface area contributed by atoms with E-state index in [2.05, 4.69) is 20.3 Å². The number of esters is 1. The molecule has 0 spiro atoms. The van der Waals surface area contributed by atoms with Gasteiger partial charge in [0.25, 0.3) is 5.91 Å². The molecule has 6 rings (SSSR count). The number of nitrogens with zero attached hydrogens (tertiary/aromatic N) is 4. The molecule has 5 aromatic rings. The lowest BCUT2D eigenvalue weighted by Crippen LogP contribution is -2.33. The molecule has 1 aliphatic rings. The molecular weight excluding hydrogens is 537 g/mol. The molecule has 1 amide bonds. The zero-order valence-corrected chi connectivity index (χ0v) is 22.5. The number of rotatable bonds is 9. The maximum atomic E-state index is 16.3. The predicted molar refractivity (Wildman–Crippen MR) is 154 cm³/mol. The molecule has 10 heteroatoms. The van der Waals surface area contributed by atoms with E-state index in [1.54, 1.807) is 59.2 Å². The maximum absolute atomic E-state index is 16.3.